The number of piperidine rings is 1. The van der Waals surface area contributed by atoms with Crippen molar-refractivity contribution in [1.82, 2.24) is 15.5 Å². The summed E-state index contributed by atoms with van der Waals surface area (Å²) in [6.07, 6.45) is -7.25. The van der Waals surface area contributed by atoms with Crippen LogP contribution in [0.25, 0.3) is 0 Å². The van der Waals surface area contributed by atoms with Gasteiger partial charge in [-0.2, -0.15) is 26.3 Å². The molecular formula is C23H31F6N3O2. The molecule has 1 aromatic rings. The molecule has 2 N–H and O–H groups in total. The minimum Gasteiger partial charge on any atom is -0.372 e. The molecule has 0 saturated carbocycles. The number of alkyl halides is 6. The van der Waals surface area contributed by atoms with Gasteiger partial charge in [0.2, 0.25) is 5.91 Å². The molecule has 11 heteroatoms. The molecule has 0 radical (unpaired) electrons. The van der Waals surface area contributed by atoms with E-state index in [0.717, 1.165) is 25.9 Å². The number of benzene rings is 1. The lowest BCUT2D eigenvalue weighted by molar-refractivity contribution is -0.143. The second-order valence-electron chi connectivity index (χ2n) is 9.52. The first-order chi connectivity index (χ1) is 15.7. The van der Waals surface area contributed by atoms with Crippen LogP contribution in [0.4, 0.5) is 26.3 Å². The molecule has 0 aromatic heterocycles. The quantitative estimate of drug-likeness (QED) is 0.546. The van der Waals surface area contributed by atoms with E-state index in [1.807, 2.05) is 6.92 Å². The average molecular weight is 496 g/mol. The zero-order valence-electron chi connectivity index (χ0n) is 19.3. The molecular weight excluding hydrogens is 464 g/mol. The van der Waals surface area contributed by atoms with Crippen LogP contribution in [0.5, 0.6) is 0 Å². The lowest BCUT2D eigenvalue weighted by atomic mass is 9.89. The normalized spacial score (nSPS) is 25.4. The van der Waals surface area contributed by atoms with E-state index >= 15 is 0 Å². The van der Waals surface area contributed by atoms with Crippen molar-refractivity contribution in [3.63, 3.8) is 0 Å². The first-order valence-electron chi connectivity index (χ1n) is 11.4. The van der Waals surface area contributed by atoms with Gasteiger partial charge < -0.3 is 15.4 Å². The Morgan fingerprint density at radius 1 is 1.15 bits per heavy atom. The van der Waals surface area contributed by atoms with Gasteiger partial charge in [0.1, 0.15) is 0 Å². The Bertz CT molecular complexity index is 812. The number of hydrogen-bond acceptors (Lipinski definition) is 4. The number of hydrogen-bond donors (Lipinski definition) is 2. The number of carbonyl (C=O) groups is 1. The van der Waals surface area contributed by atoms with Crippen molar-refractivity contribution >= 4 is 5.91 Å². The van der Waals surface area contributed by atoms with Gasteiger partial charge in [-0.15, -0.1) is 0 Å². The SMILES string of the molecule is CC(OCC1(C)CCC(NC(=O)CN2CCCC2)CN1)c1cc(C(F)(F)F)cc(C(F)(F)F)c1. The number of nitrogens with one attached hydrogen (secondary N) is 2. The Balaban J connectivity index is 1.54. The van der Waals surface area contributed by atoms with Crippen LogP contribution < -0.4 is 10.6 Å². The molecule has 5 nitrogen and oxygen atoms in total. The Morgan fingerprint density at radius 2 is 1.74 bits per heavy atom. The highest BCUT2D eigenvalue weighted by Gasteiger charge is 2.38. The van der Waals surface area contributed by atoms with Crippen LogP contribution in [-0.2, 0) is 21.9 Å². The second kappa shape index (κ2) is 10.4. The monoisotopic (exact) mass is 495 g/mol. The topological polar surface area (TPSA) is 53.6 Å². The standard InChI is InChI=1S/C23H31F6N3O2/c1-15(16-9-17(22(24,25)26)11-18(10-16)23(27,28)29)34-14-21(2)6-5-19(12-30-21)31-20(33)13-32-7-3-4-8-32/h9-11,15,19,30H,3-8,12-14H2,1-2H3,(H,31,33). The lowest BCUT2D eigenvalue weighted by Crippen LogP contribution is -2.58. The fourth-order valence-electron chi connectivity index (χ4n) is 4.34. The highest BCUT2D eigenvalue weighted by atomic mass is 19.4. The molecule has 3 unspecified atom stereocenters. The summed E-state index contributed by atoms with van der Waals surface area (Å²) in [4.78, 5) is 14.3. The summed E-state index contributed by atoms with van der Waals surface area (Å²) in [5.74, 6) is -0.0211. The minimum absolute atomic E-state index is 0.0211. The van der Waals surface area contributed by atoms with Gasteiger partial charge in [0.05, 0.1) is 30.4 Å². The number of likely N-dealkylation sites (tertiary alicyclic amines) is 1. The molecule has 2 fully saturated rings. The summed E-state index contributed by atoms with van der Waals surface area (Å²) in [7, 11) is 0. The van der Waals surface area contributed by atoms with Gasteiger partial charge in [-0.05, 0) is 76.4 Å². The number of rotatable bonds is 7. The Hall–Kier alpha value is -1.85. The van der Waals surface area contributed by atoms with Crippen molar-refractivity contribution in [3.8, 4) is 0 Å². The smallest absolute Gasteiger partial charge is 0.372 e. The van der Waals surface area contributed by atoms with Crippen molar-refractivity contribution < 1.29 is 35.9 Å². The number of ether oxygens (including phenoxy) is 1. The van der Waals surface area contributed by atoms with Crippen LogP contribution in [0, 0.1) is 0 Å². The number of amides is 1. The van der Waals surface area contributed by atoms with Gasteiger partial charge >= 0.3 is 12.4 Å². The zero-order valence-corrected chi connectivity index (χ0v) is 19.3. The third kappa shape index (κ3) is 7.32. The van der Waals surface area contributed by atoms with Crippen LogP contribution in [0.1, 0.15) is 62.3 Å². The Kier molecular flexibility index (Phi) is 8.19. The van der Waals surface area contributed by atoms with Gasteiger partial charge in [-0.3, -0.25) is 9.69 Å². The maximum absolute atomic E-state index is 13.1. The zero-order chi connectivity index (χ0) is 25.1. The fraction of sp³-hybridized carbons (Fsp3) is 0.696. The van der Waals surface area contributed by atoms with Gasteiger partial charge in [0.25, 0.3) is 0 Å². The Morgan fingerprint density at radius 3 is 2.24 bits per heavy atom. The predicted molar refractivity (Wildman–Crippen MR) is 114 cm³/mol. The van der Waals surface area contributed by atoms with E-state index in [9.17, 15) is 31.1 Å². The summed E-state index contributed by atoms with van der Waals surface area (Å²) in [5.41, 5.74) is -3.42. The summed E-state index contributed by atoms with van der Waals surface area (Å²) in [5, 5.41) is 6.33. The van der Waals surface area contributed by atoms with Crippen LogP contribution in [0.15, 0.2) is 18.2 Å². The van der Waals surface area contributed by atoms with E-state index in [-0.39, 0.29) is 30.2 Å². The van der Waals surface area contributed by atoms with E-state index in [4.69, 9.17) is 4.74 Å². The molecule has 3 rings (SSSR count). The number of halogens is 6. The molecule has 34 heavy (non-hydrogen) atoms. The molecule has 2 saturated heterocycles. The molecule has 3 atom stereocenters. The first-order valence-corrected chi connectivity index (χ1v) is 11.4. The molecule has 0 spiro atoms. The maximum Gasteiger partial charge on any atom is 0.416 e. The molecule has 0 bridgehead atoms. The average Bonchev–Trinajstić information content (AvgIpc) is 3.25. The van der Waals surface area contributed by atoms with Gasteiger partial charge in [-0.25, -0.2) is 0 Å². The molecule has 192 valence electrons. The lowest BCUT2D eigenvalue weighted by Gasteiger charge is -2.39. The van der Waals surface area contributed by atoms with Gasteiger partial charge in [0, 0.05) is 18.1 Å². The van der Waals surface area contributed by atoms with Gasteiger partial charge in [-0.1, -0.05) is 0 Å². The third-order valence-corrected chi connectivity index (χ3v) is 6.48. The maximum atomic E-state index is 13.1. The van der Waals surface area contributed by atoms with Crippen molar-refractivity contribution in [1.29, 1.82) is 0 Å². The predicted octanol–water partition coefficient (Wildman–Crippen LogP) is 4.52. The second-order valence-corrected chi connectivity index (χ2v) is 9.52. The van der Waals surface area contributed by atoms with Crippen molar-refractivity contribution in [2.24, 2.45) is 0 Å². The molecule has 2 heterocycles. The van der Waals surface area contributed by atoms with Crippen LogP contribution in [0.2, 0.25) is 0 Å². The summed E-state index contributed by atoms with van der Waals surface area (Å²) in [6, 6.07) is 1.46. The molecule has 1 amide bonds. The molecule has 0 aliphatic carbocycles. The van der Waals surface area contributed by atoms with E-state index in [2.05, 4.69) is 15.5 Å². The summed E-state index contributed by atoms with van der Waals surface area (Å²) in [6.45, 7) is 6.16. The molecule has 2 aliphatic rings. The minimum atomic E-state index is -4.90. The fourth-order valence-corrected chi connectivity index (χ4v) is 4.34. The molecule has 2 aliphatic heterocycles. The number of carbonyl (C=O) groups excluding carboxylic acids is 1. The van der Waals surface area contributed by atoms with Gasteiger partial charge in [0.15, 0.2) is 0 Å². The van der Waals surface area contributed by atoms with E-state index < -0.39 is 35.1 Å². The van der Waals surface area contributed by atoms with Crippen molar-refractivity contribution in [2.45, 2.75) is 69.6 Å². The van der Waals surface area contributed by atoms with E-state index in [1.54, 1.807) is 0 Å². The van der Waals surface area contributed by atoms with Crippen molar-refractivity contribution in [2.75, 3.05) is 32.8 Å². The Labute approximate surface area is 195 Å². The van der Waals surface area contributed by atoms with Crippen LogP contribution in [0.3, 0.4) is 0 Å². The third-order valence-electron chi connectivity index (χ3n) is 6.48. The van der Waals surface area contributed by atoms with Crippen LogP contribution in [-0.4, -0.2) is 55.2 Å². The summed E-state index contributed by atoms with van der Waals surface area (Å²) >= 11 is 0. The molecule has 1 aromatic carbocycles. The summed E-state index contributed by atoms with van der Waals surface area (Å²) < 4.78 is 84.5. The largest absolute Gasteiger partial charge is 0.416 e. The number of nitrogens with zero attached hydrogens (tertiary/aromatic N) is 1. The highest BCUT2D eigenvalue weighted by molar-refractivity contribution is 5.78. The van der Waals surface area contributed by atoms with Crippen LogP contribution >= 0.6 is 0 Å². The highest BCUT2D eigenvalue weighted by Crippen LogP contribution is 2.38. The van der Waals surface area contributed by atoms with E-state index in [1.165, 1.54) is 6.92 Å². The van der Waals surface area contributed by atoms with Crippen molar-refractivity contribution in [3.05, 3.63) is 34.9 Å². The van der Waals surface area contributed by atoms with E-state index in [0.29, 0.717) is 38.1 Å². The first kappa shape index (κ1) is 26.7.